The summed E-state index contributed by atoms with van der Waals surface area (Å²) in [6.07, 6.45) is 36.4. The monoisotopic (exact) mass is 723 g/mol. The van der Waals surface area contributed by atoms with Crippen molar-refractivity contribution in [1.82, 2.24) is 0 Å². The molecule has 0 saturated heterocycles. The molecule has 0 rings (SSSR count). The number of rotatable bonds is 37. The van der Waals surface area contributed by atoms with Gasteiger partial charge in [-0.1, -0.05) is 122 Å². The van der Waals surface area contributed by atoms with E-state index in [0.29, 0.717) is 19.3 Å². The van der Waals surface area contributed by atoms with Gasteiger partial charge in [0.15, 0.2) is 12.1 Å². The molecule has 0 aliphatic rings. The van der Waals surface area contributed by atoms with E-state index in [-0.39, 0.29) is 36.2 Å². The number of aliphatic carboxylic acids is 1. The molecule has 298 valence electrons. The molecular weight excluding hydrogens is 642 g/mol. The summed E-state index contributed by atoms with van der Waals surface area (Å²) < 4.78 is 17.2. The predicted octanol–water partition coefficient (Wildman–Crippen LogP) is 10.9. The van der Waals surface area contributed by atoms with Gasteiger partial charge in [-0.25, -0.2) is 4.79 Å². The van der Waals surface area contributed by atoms with Crippen LogP contribution in [0.4, 0.5) is 0 Å². The molecule has 8 nitrogen and oxygen atoms in total. The standard InChI is InChI=1S/C43H79NO7/c1-6-8-10-12-14-16-18-20-22-23-25-27-29-31-33-41(45)50-38-39(37-49-36-35-40(43(47)48)44(3,4)5)51-42(46)34-32-30-28-26-24-21-19-17-15-13-11-9-7-2/h21-24,39-40H,6-20,25-38H2,1-5H3/p+1/b23-22+,24-21+. The first-order valence-corrected chi connectivity index (χ1v) is 20.9. The molecule has 8 heteroatoms. The molecule has 0 amide bonds. The van der Waals surface area contributed by atoms with E-state index in [1.54, 1.807) is 0 Å². The van der Waals surface area contributed by atoms with Crippen molar-refractivity contribution in [3.8, 4) is 0 Å². The Balaban J connectivity index is 4.42. The number of hydrogen-bond acceptors (Lipinski definition) is 6. The number of carboxylic acid groups (broad SMARTS) is 1. The van der Waals surface area contributed by atoms with Crippen molar-refractivity contribution in [1.29, 1.82) is 0 Å². The van der Waals surface area contributed by atoms with E-state index in [9.17, 15) is 19.5 Å². The zero-order chi connectivity index (χ0) is 37.8. The number of carboxylic acids is 1. The maximum atomic E-state index is 12.7. The molecule has 0 bridgehead atoms. The summed E-state index contributed by atoms with van der Waals surface area (Å²) in [7, 11) is 5.51. The molecule has 2 unspecified atom stereocenters. The lowest BCUT2D eigenvalue weighted by molar-refractivity contribution is -0.887. The molecule has 0 aliphatic heterocycles. The molecule has 0 heterocycles. The number of hydrogen-bond donors (Lipinski definition) is 1. The zero-order valence-corrected chi connectivity index (χ0v) is 33.8. The number of ether oxygens (including phenoxy) is 3. The number of quaternary nitrogens is 1. The van der Waals surface area contributed by atoms with Crippen LogP contribution in [0.25, 0.3) is 0 Å². The third kappa shape index (κ3) is 33.4. The Morgan fingerprint density at radius 1 is 0.569 bits per heavy atom. The maximum Gasteiger partial charge on any atom is 0.362 e. The average Bonchev–Trinajstić information content (AvgIpc) is 3.08. The molecule has 2 atom stereocenters. The highest BCUT2D eigenvalue weighted by Crippen LogP contribution is 2.13. The van der Waals surface area contributed by atoms with E-state index >= 15 is 0 Å². The highest BCUT2D eigenvalue weighted by atomic mass is 16.6. The van der Waals surface area contributed by atoms with Crippen LogP contribution in [0.1, 0.15) is 181 Å². The topological polar surface area (TPSA) is 99.1 Å². The van der Waals surface area contributed by atoms with E-state index in [1.165, 1.54) is 83.5 Å². The Bertz CT molecular complexity index is 895. The van der Waals surface area contributed by atoms with Crippen LogP contribution in [0.3, 0.4) is 0 Å². The second-order valence-corrected chi connectivity index (χ2v) is 15.2. The van der Waals surface area contributed by atoms with Crippen LogP contribution >= 0.6 is 0 Å². The van der Waals surface area contributed by atoms with Gasteiger partial charge in [-0.15, -0.1) is 0 Å². The number of allylic oxidation sites excluding steroid dienone is 4. The van der Waals surface area contributed by atoms with E-state index in [1.807, 2.05) is 21.1 Å². The third-order valence-corrected chi connectivity index (χ3v) is 9.32. The quantitative estimate of drug-likeness (QED) is 0.0295. The van der Waals surface area contributed by atoms with Gasteiger partial charge in [-0.2, -0.15) is 0 Å². The van der Waals surface area contributed by atoms with Gasteiger partial charge in [0.05, 0.1) is 34.4 Å². The second kappa shape index (κ2) is 34.9. The van der Waals surface area contributed by atoms with Crippen LogP contribution in [-0.2, 0) is 28.6 Å². The molecule has 51 heavy (non-hydrogen) atoms. The van der Waals surface area contributed by atoms with Gasteiger partial charge in [-0.3, -0.25) is 9.59 Å². The Kier molecular flexibility index (Phi) is 33.4. The van der Waals surface area contributed by atoms with Crippen molar-refractivity contribution < 1.29 is 38.2 Å². The smallest absolute Gasteiger partial charge is 0.362 e. The van der Waals surface area contributed by atoms with Gasteiger partial charge >= 0.3 is 17.9 Å². The van der Waals surface area contributed by atoms with Crippen molar-refractivity contribution in [3.05, 3.63) is 24.3 Å². The first-order chi connectivity index (χ1) is 24.6. The van der Waals surface area contributed by atoms with Gasteiger partial charge in [0.25, 0.3) is 0 Å². The Labute approximate surface area is 313 Å². The molecule has 0 aliphatic carbocycles. The number of unbranched alkanes of at least 4 members (excludes halogenated alkanes) is 19. The Morgan fingerprint density at radius 2 is 0.980 bits per heavy atom. The summed E-state index contributed by atoms with van der Waals surface area (Å²) in [5.41, 5.74) is 0. The minimum Gasteiger partial charge on any atom is -0.477 e. The highest BCUT2D eigenvalue weighted by Gasteiger charge is 2.31. The third-order valence-electron chi connectivity index (χ3n) is 9.32. The molecule has 1 N–H and O–H groups in total. The largest absolute Gasteiger partial charge is 0.477 e. The van der Waals surface area contributed by atoms with Crippen molar-refractivity contribution in [2.24, 2.45) is 0 Å². The highest BCUT2D eigenvalue weighted by molar-refractivity contribution is 5.72. The number of carbonyl (C=O) groups excluding carboxylic acids is 2. The van der Waals surface area contributed by atoms with Crippen LogP contribution in [0.15, 0.2) is 24.3 Å². The Hall–Kier alpha value is -2.19. The fourth-order valence-corrected chi connectivity index (χ4v) is 6.02. The van der Waals surface area contributed by atoms with E-state index < -0.39 is 18.1 Å². The molecule has 0 aromatic carbocycles. The minimum atomic E-state index is -0.879. The number of esters is 2. The van der Waals surface area contributed by atoms with E-state index in [0.717, 1.165) is 64.2 Å². The number of nitrogens with zero attached hydrogens (tertiary/aromatic N) is 1. The summed E-state index contributed by atoms with van der Waals surface area (Å²) in [6.45, 7) is 4.69. The van der Waals surface area contributed by atoms with Crippen LogP contribution in [0, 0.1) is 0 Å². The minimum absolute atomic E-state index is 0.0527. The molecule has 0 aromatic heterocycles. The summed E-state index contributed by atoms with van der Waals surface area (Å²) in [5, 5.41) is 9.59. The second-order valence-electron chi connectivity index (χ2n) is 15.2. The predicted molar refractivity (Wildman–Crippen MR) is 211 cm³/mol. The van der Waals surface area contributed by atoms with Crippen LogP contribution in [0.5, 0.6) is 0 Å². The molecular formula is C43H80NO7+. The fourth-order valence-electron chi connectivity index (χ4n) is 6.02. The molecule has 0 saturated carbocycles. The zero-order valence-electron chi connectivity index (χ0n) is 33.8. The average molecular weight is 723 g/mol. The van der Waals surface area contributed by atoms with Gasteiger partial charge in [0.1, 0.15) is 6.61 Å². The summed E-state index contributed by atoms with van der Waals surface area (Å²) >= 11 is 0. The van der Waals surface area contributed by atoms with Gasteiger partial charge < -0.3 is 23.8 Å². The van der Waals surface area contributed by atoms with E-state index in [4.69, 9.17) is 14.2 Å². The SMILES string of the molecule is CCCCCCCC/C=C/CCCCCC(=O)OC(COCCC(C(=O)O)[N+](C)(C)C)COC(=O)CCCCC/C=C/CCCCCCCCC. The summed E-state index contributed by atoms with van der Waals surface area (Å²) in [5.74, 6) is -1.50. The lowest BCUT2D eigenvalue weighted by atomic mass is 10.1. The lowest BCUT2D eigenvalue weighted by Gasteiger charge is -2.31. The molecule has 0 radical (unpaired) electrons. The summed E-state index contributed by atoms with van der Waals surface area (Å²) in [4.78, 5) is 36.8. The van der Waals surface area contributed by atoms with Crippen molar-refractivity contribution >= 4 is 17.9 Å². The first-order valence-electron chi connectivity index (χ1n) is 20.9. The Morgan fingerprint density at radius 3 is 1.41 bits per heavy atom. The molecule has 0 fully saturated rings. The van der Waals surface area contributed by atoms with Crippen LogP contribution < -0.4 is 0 Å². The van der Waals surface area contributed by atoms with E-state index in [2.05, 4.69) is 38.2 Å². The fraction of sp³-hybridized carbons (Fsp3) is 0.837. The van der Waals surface area contributed by atoms with Gasteiger partial charge in [0, 0.05) is 19.3 Å². The van der Waals surface area contributed by atoms with Crippen LogP contribution in [0.2, 0.25) is 0 Å². The summed E-state index contributed by atoms with van der Waals surface area (Å²) in [6, 6.07) is -0.616. The lowest BCUT2D eigenvalue weighted by Crippen LogP contribution is -2.50. The number of carbonyl (C=O) groups is 3. The normalized spacial score (nSPS) is 13.2. The van der Waals surface area contributed by atoms with Gasteiger partial charge in [0.2, 0.25) is 0 Å². The van der Waals surface area contributed by atoms with Gasteiger partial charge in [-0.05, 0) is 64.2 Å². The van der Waals surface area contributed by atoms with Crippen molar-refractivity contribution in [2.75, 3.05) is 41.0 Å². The molecule has 0 aromatic rings. The van der Waals surface area contributed by atoms with Crippen molar-refractivity contribution in [3.63, 3.8) is 0 Å². The first kappa shape index (κ1) is 48.8. The maximum absolute atomic E-state index is 12.7. The van der Waals surface area contributed by atoms with Crippen LogP contribution in [-0.4, -0.2) is 80.6 Å². The van der Waals surface area contributed by atoms with Crippen molar-refractivity contribution in [2.45, 2.75) is 193 Å². The molecule has 0 spiro atoms. The number of likely N-dealkylation sites (N-methyl/N-ethyl adjacent to an activating group) is 1.